The van der Waals surface area contributed by atoms with Crippen LogP contribution in [0.5, 0.6) is 0 Å². The molecule has 25 heavy (non-hydrogen) atoms. The molecule has 0 amide bonds. The Balaban J connectivity index is 0.00000312. The van der Waals surface area contributed by atoms with E-state index in [2.05, 4.69) is 22.1 Å². The molecule has 1 aromatic heterocycles. The summed E-state index contributed by atoms with van der Waals surface area (Å²) in [6.07, 6.45) is 4.43. The van der Waals surface area contributed by atoms with Crippen molar-refractivity contribution in [1.29, 1.82) is 0 Å². The van der Waals surface area contributed by atoms with E-state index in [1.807, 2.05) is 30.9 Å². The van der Waals surface area contributed by atoms with Crippen LogP contribution in [0.4, 0.5) is 0 Å². The van der Waals surface area contributed by atoms with Gasteiger partial charge in [0.25, 0.3) is 0 Å². The van der Waals surface area contributed by atoms with E-state index < -0.39 is 0 Å². The number of nitrogens with one attached hydrogen (secondary N) is 1. The first-order valence-corrected chi connectivity index (χ1v) is 8.97. The number of guanidine groups is 1. The number of aromatic nitrogens is 1. The van der Waals surface area contributed by atoms with Crippen molar-refractivity contribution in [2.75, 3.05) is 40.0 Å². The standard InChI is InChI=1S/C17H29ClN4O2.HI/c1-4-19-17(20-7-9-23-13-16-6-5-8-24-16)22(3)12-15-10-14(18)11-21(15)2;/h10-11,16H,4-9,12-13H2,1-3H3,(H,19,20);1H. The molecule has 0 spiro atoms. The molecule has 0 aliphatic carbocycles. The van der Waals surface area contributed by atoms with Crippen LogP contribution in [0, 0.1) is 0 Å². The third-order valence-corrected chi connectivity index (χ3v) is 4.20. The van der Waals surface area contributed by atoms with Crippen molar-refractivity contribution in [3.63, 3.8) is 0 Å². The minimum Gasteiger partial charge on any atom is -0.377 e. The van der Waals surface area contributed by atoms with Crippen LogP contribution in [0.3, 0.4) is 0 Å². The normalized spacial score (nSPS) is 17.4. The van der Waals surface area contributed by atoms with Crippen molar-refractivity contribution in [3.8, 4) is 0 Å². The third-order valence-electron chi connectivity index (χ3n) is 4.00. The molecular formula is C17H30ClIN4O2. The maximum atomic E-state index is 6.05. The van der Waals surface area contributed by atoms with Gasteiger partial charge in [-0.15, -0.1) is 24.0 Å². The van der Waals surface area contributed by atoms with Gasteiger partial charge in [0.2, 0.25) is 0 Å². The molecule has 0 bridgehead atoms. The zero-order valence-electron chi connectivity index (χ0n) is 15.3. The quantitative estimate of drug-likeness (QED) is 0.267. The van der Waals surface area contributed by atoms with Crippen molar-refractivity contribution in [3.05, 3.63) is 23.0 Å². The number of nitrogens with zero attached hydrogens (tertiary/aromatic N) is 3. The molecule has 1 aromatic rings. The maximum Gasteiger partial charge on any atom is 0.194 e. The van der Waals surface area contributed by atoms with Gasteiger partial charge < -0.3 is 24.3 Å². The Hall–Kier alpha value is -0.510. The van der Waals surface area contributed by atoms with Crippen LogP contribution in [0.25, 0.3) is 0 Å². The Labute approximate surface area is 172 Å². The summed E-state index contributed by atoms with van der Waals surface area (Å²) >= 11 is 6.05. The minimum atomic E-state index is 0. The third kappa shape index (κ3) is 7.72. The van der Waals surface area contributed by atoms with Gasteiger partial charge in [0.05, 0.1) is 37.4 Å². The molecule has 8 heteroatoms. The zero-order chi connectivity index (χ0) is 17.4. The van der Waals surface area contributed by atoms with Crippen molar-refractivity contribution < 1.29 is 9.47 Å². The van der Waals surface area contributed by atoms with E-state index in [-0.39, 0.29) is 30.1 Å². The number of rotatable bonds is 8. The van der Waals surface area contributed by atoms with Gasteiger partial charge >= 0.3 is 0 Å². The summed E-state index contributed by atoms with van der Waals surface area (Å²) in [5, 5.41) is 4.07. The number of hydrogen-bond donors (Lipinski definition) is 1. The molecule has 0 saturated carbocycles. The second-order valence-corrected chi connectivity index (χ2v) is 6.50. The lowest BCUT2D eigenvalue weighted by Crippen LogP contribution is -2.39. The van der Waals surface area contributed by atoms with Crippen LogP contribution < -0.4 is 5.32 Å². The number of aliphatic imine (C=N–C) groups is 1. The minimum absolute atomic E-state index is 0. The summed E-state index contributed by atoms with van der Waals surface area (Å²) in [6, 6.07) is 1.98. The zero-order valence-corrected chi connectivity index (χ0v) is 18.4. The van der Waals surface area contributed by atoms with Crippen LogP contribution in [0.15, 0.2) is 17.3 Å². The Morgan fingerprint density at radius 1 is 1.56 bits per heavy atom. The number of halogens is 2. The van der Waals surface area contributed by atoms with E-state index in [9.17, 15) is 0 Å². The van der Waals surface area contributed by atoms with Crippen LogP contribution in [-0.2, 0) is 23.1 Å². The molecule has 1 aliphatic heterocycles. The number of aryl methyl sites for hydroxylation is 1. The van der Waals surface area contributed by atoms with E-state index in [0.717, 1.165) is 49.2 Å². The largest absolute Gasteiger partial charge is 0.377 e. The van der Waals surface area contributed by atoms with Gasteiger partial charge in [-0.25, -0.2) is 0 Å². The second kappa shape index (κ2) is 12.0. The molecule has 1 aliphatic rings. The van der Waals surface area contributed by atoms with Crippen molar-refractivity contribution in [2.24, 2.45) is 12.0 Å². The first kappa shape index (κ1) is 22.5. The summed E-state index contributed by atoms with van der Waals surface area (Å²) < 4.78 is 13.2. The first-order valence-electron chi connectivity index (χ1n) is 8.59. The smallest absolute Gasteiger partial charge is 0.194 e. The number of ether oxygens (including phenoxy) is 2. The van der Waals surface area contributed by atoms with E-state index in [1.165, 1.54) is 0 Å². The Bertz CT molecular complexity index is 533. The number of hydrogen-bond acceptors (Lipinski definition) is 3. The lowest BCUT2D eigenvalue weighted by Gasteiger charge is -2.22. The second-order valence-electron chi connectivity index (χ2n) is 6.06. The lowest BCUT2D eigenvalue weighted by atomic mass is 10.2. The van der Waals surface area contributed by atoms with E-state index in [1.54, 1.807) is 0 Å². The van der Waals surface area contributed by atoms with Crippen LogP contribution in [-0.4, -0.2) is 61.5 Å². The highest BCUT2D eigenvalue weighted by molar-refractivity contribution is 14.0. The predicted octanol–water partition coefficient (Wildman–Crippen LogP) is 2.89. The monoisotopic (exact) mass is 484 g/mol. The van der Waals surface area contributed by atoms with Crippen LogP contribution in [0.2, 0.25) is 5.02 Å². The van der Waals surface area contributed by atoms with E-state index in [0.29, 0.717) is 19.8 Å². The van der Waals surface area contributed by atoms with Crippen molar-refractivity contribution >= 4 is 41.5 Å². The highest BCUT2D eigenvalue weighted by Crippen LogP contribution is 2.14. The van der Waals surface area contributed by atoms with Gasteiger partial charge in [-0.1, -0.05) is 11.6 Å². The molecule has 0 aromatic carbocycles. The molecule has 1 saturated heterocycles. The molecule has 0 radical (unpaired) electrons. The molecule has 1 N–H and O–H groups in total. The van der Waals surface area contributed by atoms with Crippen LogP contribution in [0.1, 0.15) is 25.5 Å². The average Bonchev–Trinajstić information content (AvgIpc) is 3.16. The van der Waals surface area contributed by atoms with Crippen molar-refractivity contribution in [1.82, 2.24) is 14.8 Å². The van der Waals surface area contributed by atoms with E-state index >= 15 is 0 Å². The summed E-state index contributed by atoms with van der Waals surface area (Å²) in [5.41, 5.74) is 1.14. The fourth-order valence-corrected chi connectivity index (χ4v) is 2.99. The SMILES string of the molecule is CCNC(=NCCOCC1CCCO1)N(C)Cc1cc(Cl)cn1C.I. The van der Waals surface area contributed by atoms with Gasteiger partial charge in [0, 0.05) is 39.1 Å². The topological polar surface area (TPSA) is 51.0 Å². The lowest BCUT2D eigenvalue weighted by molar-refractivity contribution is 0.0199. The summed E-state index contributed by atoms with van der Waals surface area (Å²) in [7, 11) is 4.02. The molecule has 6 nitrogen and oxygen atoms in total. The van der Waals surface area contributed by atoms with Gasteiger partial charge in [-0.3, -0.25) is 4.99 Å². The molecule has 1 atom stereocenters. The van der Waals surface area contributed by atoms with Gasteiger partial charge in [0.15, 0.2) is 5.96 Å². The molecule has 1 fully saturated rings. The van der Waals surface area contributed by atoms with Gasteiger partial charge in [-0.2, -0.15) is 0 Å². The molecule has 144 valence electrons. The average molecular weight is 485 g/mol. The van der Waals surface area contributed by atoms with E-state index in [4.69, 9.17) is 21.1 Å². The Morgan fingerprint density at radius 2 is 2.36 bits per heavy atom. The first-order chi connectivity index (χ1) is 11.6. The molecule has 1 unspecified atom stereocenters. The molecular weight excluding hydrogens is 455 g/mol. The fourth-order valence-electron chi connectivity index (χ4n) is 2.72. The summed E-state index contributed by atoms with van der Waals surface area (Å²) in [6.45, 7) is 6.41. The van der Waals surface area contributed by atoms with Gasteiger partial charge in [0.1, 0.15) is 0 Å². The maximum absolute atomic E-state index is 6.05. The van der Waals surface area contributed by atoms with Gasteiger partial charge in [-0.05, 0) is 25.8 Å². The summed E-state index contributed by atoms with van der Waals surface area (Å²) in [4.78, 5) is 6.73. The Morgan fingerprint density at radius 3 is 2.96 bits per heavy atom. The highest BCUT2D eigenvalue weighted by Gasteiger charge is 2.15. The highest BCUT2D eigenvalue weighted by atomic mass is 127. The molecule has 2 rings (SSSR count). The molecule has 2 heterocycles. The van der Waals surface area contributed by atoms with Crippen molar-refractivity contribution in [2.45, 2.75) is 32.4 Å². The Kier molecular flexibility index (Phi) is 10.8. The van der Waals surface area contributed by atoms with Crippen LogP contribution >= 0.6 is 35.6 Å². The fraction of sp³-hybridized carbons (Fsp3) is 0.706. The summed E-state index contributed by atoms with van der Waals surface area (Å²) in [5.74, 6) is 0.871. The predicted molar refractivity (Wildman–Crippen MR) is 113 cm³/mol.